The van der Waals surface area contributed by atoms with E-state index in [-0.39, 0.29) is 20.6 Å². The van der Waals surface area contributed by atoms with Crippen molar-refractivity contribution in [2.45, 2.75) is 11.8 Å². The summed E-state index contributed by atoms with van der Waals surface area (Å²) in [5.74, 6) is -0.114. The molecule has 0 heterocycles. The van der Waals surface area contributed by atoms with Gasteiger partial charge in [-0.3, -0.25) is 9.10 Å². The van der Waals surface area contributed by atoms with Gasteiger partial charge in [0.15, 0.2) is 0 Å². The van der Waals surface area contributed by atoms with E-state index in [1.165, 1.54) is 31.4 Å². The van der Waals surface area contributed by atoms with Crippen molar-refractivity contribution in [1.29, 1.82) is 0 Å². The van der Waals surface area contributed by atoms with E-state index < -0.39 is 22.5 Å². The van der Waals surface area contributed by atoms with Gasteiger partial charge in [-0.1, -0.05) is 47.5 Å². The Labute approximate surface area is 191 Å². The average Bonchev–Trinajstić information content (AvgIpc) is 2.74. The van der Waals surface area contributed by atoms with Crippen molar-refractivity contribution in [1.82, 2.24) is 0 Å². The summed E-state index contributed by atoms with van der Waals surface area (Å²) in [6, 6.07) is 17.5. The minimum Gasteiger partial charge on any atom is -0.495 e. The Hall–Kier alpha value is -2.74. The fraction of sp³-hybridized carbons (Fsp3) is 0.136. The number of amides is 1. The van der Waals surface area contributed by atoms with Crippen LogP contribution in [0.3, 0.4) is 0 Å². The predicted octanol–water partition coefficient (Wildman–Crippen LogP) is 5.14. The van der Waals surface area contributed by atoms with Gasteiger partial charge in [-0.15, -0.1) is 0 Å². The summed E-state index contributed by atoms with van der Waals surface area (Å²) >= 11 is 12.4. The van der Waals surface area contributed by atoms with Gasteiger partial charge in [-0.25, -0.2) is 8.42 Å². The Morgan fingerprint density at radius 1 is 1.03 bits per heavy atom. The van der Waals surface area contributed by atoms with Crippen molar-refractivity contribution < 1.29 is 17.9 Å². The van der Waals surface area contributed by atoms with E-state index in [1.54, 1.807) is 36.4 Å². The second-order valence-electron chi connectivity index (χ2n) is 6.67. The standard InChI is InChI=1S/C22H20Cl2N2O4S/c1-15-8-11-21(30-2)19(12-15)25-22(27)14-26(20-13-16(23)9-10-18(20)24)31(28,29)17-6-4-3-5-7-17/h3-13H,14H2,1-2H3,(H,25,27). The first-order valence-corrected chi connectivity index (χ1v) is 11.4. The van der Waals surface area contributed by atoms with E-state index >= 15 is 0 Å². The number of carbonyl (C=O) groups is 1. The molecule has 1 amide bonds. The van der Waals surface area contributed by atoms with E-state index in [9.17, 15) is 13.2 Å². The van der Waals surface area contributed by atoms with Gasteiger partial charge in [0.2, 0.25) is 5.91 Å². The van der Waals surface area contributed by atoms with Gasteiger partial charge in [0, 0.05) is 5.02 Å². The van der Waals surface area contributed by atoms with E-state index in [1.807, 2.05) is 13.0 Å². The molecule has 3 aromatic carbocycles. The molecule has 0 spiro atoms. The highest BCUT2D eigenvalue weighted by atomic mass is 35.5. The van der Waals surface area contributed by atoms with Gasteiger partial charge in [0.25, 0.3) is 10.0 Å². The number of benzene rings is 3. The number of methoxy groups -OCH3 is 1. The number of hydrogen-bond donors (Lipinski definition) is 1. The van der Waals surface area contributed by atoms with Crippen LogP contribution >= 0.6 is 23.2 Å². The number of anilines is 2. The molecule has 0 aliphatic heterocycles. The molecule has 6 nitrogen and oxygen atoms in total. The third-order valence-corrected chi connectivity index (χ3v) is 6.75. The monoisotopic (exact) mass is 478 g/mol. The van der Waals surface area contributed by atoms with Crippen LogP contribution in [0.15, 0.2) is 71.6 Å². The van der Waals surface area contributed by atoms with Crippen molar-refractivity contribution in [2.24, 2.45) is 0 Å². The number of nitrogens with one attached hydrogen (secondary N) is 1. The molecule has 0 unspecified atom stereocenters. The minimum absolute atomic E-state index is 0.0204. The van der Waals surface area contributed by atoms with Gasteiger partial charge in [-0.05, 0) is 55.0 Å². The number of hydrogen-bond acceptors (Lipinski definition) is 4. The molecule has 0 bridgehead atoms. The Balaban J connectivity index is 2.01. The van der Waals surface area contributed by atoms with Gasteiger partial charge in [-0.2, -0.15) is 0 Å². The van der Waals surface area contributed by atoms with Gasteiger partial charge in [0.1, 0.15) is 12.3 Å². The fourth-order valence-corrected chi connectivity index (χ4v) is 4.82. The van der Waals surface area contributed by atoms with Gasteiger partial charge < -0.3 is 10.1 Å². The smallest absolute Gasteiger partial charge is 0.264 e. The molecule has 1 N–H and O–H groups in total. The molecule has 3 rings (SSSR count). The molecule has 162 valence electrons. The van der Waals surface area contributed by atoms with Crippen LogP contribution in [0.5, 0.6) is 5.75 Å². The molecule has 0 atom stereocenters. The zero-order valence-electron chi connectivity index (χ0n) is 16.8. The summed E-state index contributed by atoms with van der Waals surface area (Å²) in [5, 5.41) is 3.14. The second kappa shape index (κ2) is 9.60. The van der Waals surface area contributed by atoms with Crippen LogP contribution in [0.25, 0.3) is 0 Å². The third-order valence-electron chi connectivity index (χ3n) is 4.42. The minimum atomic E-state index is -4.11. The number of rotatable bonds is 7. The lowest BCUT2D eigenvalue weighted by Gasteiger charge is -2.25. The van der Waals surface area contributed by atoms with Gasteiger partial charge in [0.05, 0.1) is 28.4 Å². The molecule has 0 radical (unpaired) electrons. The third kappa shape index (κ3) is 5.31. The van der Waals surface area contributed by atoms with E-state index in [0.29, 0.717) is 11.4 Å². The normalized spacial score (nSPS) is 11.1. The van der Waals surface area contributed by atoms with Gasteiger partial charge >= 0.3 is 0 Å². The topological polar surface area (TPSA) is 75.7 Å². The number of sulfonamides is 1. The quantitative estimate of drug-likeness (QED) is 0.509. The molecule has 0 aromatic heterocycles. The summed E-state index contributed by atoms with van der Waals surface area (Å²) in [4.78, 5) is 12.9. The van der Waals surface area contributed by atoms with Crippen LogP contribution < -0.4 is 14.4 Å². The van der Waals surface area contributed by atoms with E-state index in [2.05, 4.69) is 5.32 Å². The fourth-order valence-electron chi connectivity index (χ4n) is 2.94. The molecular formula is C22H20Cl2N2O4S. The summed E-state index contributed by atoms with van der Waals surface area (Å²) in [5.41, 5.74) is 1.44. The lowest BCUT2D eigenvalue weighted by Crippen LogP contribution is -2.38. The lowest BCUT2D eigenvalue weighted by atomic mass is 10.2. The van der Waals surface area contributed by atoms with Crippen LogP contribution in [0.1, 0.15) is 5.56 Å². The molecule has 0 aliphatic carbocycles. The zero-order valence-corrected chi connectivity index (χ0v) is 19.1. The van der Waals surface area contributed by atoms with Crippen molar-refractivity contribution in [2.75, 3.05) is 23.3 Å². The molecule has 31 heavy (non-hydrogen) atoms. The number of ether oxygens (including phenoxy) is 1. The van der Waals surface area contributed by atoms with Crippen molar-refractivity contribution in [3.8, 4) is 5.75 Å². The molecule has 3 aromatic rings. The summed E-state index contributed by atoms with van der Waals surface area (Å²) in [6.45, 7) is 1.35. The number of halogens is 2. The van der Waals surface area contributed by atoms with Crippen molar-refractivity contribution >= 4 is 50.5 Å². The van der Waals surface area contributed by atoms with Crippen LogP contribution in [-0.4, -0.2) is 28.0 Å². The highest BCUT2D eigenvalue weighted by Gasteiger charge is 2.29. The van der Waals surface area contributed by atoms with E-state index in [0.717, 1.165) is 9.87 Å². The molecular weight excluding hydrogens is 459 g/mol. The Morgan fingerprint density at radius 2 is 1.74 bits per heavy atom. The molecule has 0 aliphatic rings. The first kappa shape index (κ1) is 22.9. The predicted molar refractivity (Wildman–Crippen MR) is 124 cm³/mol. The van der Waals surface area contributed by atoms with Crippen molar-refractivity contribution in [3.05, 3.63) is 82.3 Å². The Kier molecular flexibility index (Phi) is 7.10. The highest BCUT2D eigenvalue weighted by molar-refractivity contribution is 7.92. The van der Waals surface area contributed by atoms with Crippen LogP contribution in [0.2, 0.25) is 10.0 Å². The van der Waals surface area contributed by atoms with Crippen LogP contribution in [-0.2, 0) is 14.8 Å². The Bertz CT molecular complexity index is 1200. The van der Waals surface area contributed by atoms with E-state index in [4.69, 9.17) is 27.9 Å². The van der Waals surface area contributed by atoms with Crippen LogP contribution in [0, 0.1) is 6.92 Å². The maximum atomic E-state index is 13.4. The lowest BCUT2D eigenvalue weighted by molar-refractivity contribution is -0.114. The first-order valence-electron chi connectivity index (χ1n) is 9.19. The highest BCUT2D eigenvalue weighted by Crippen LogP contribution is 2.33. The molecule has 0 saturated carbocycles. The summed E-state index contributed by atoms with van der Waals surface area (Å²) in [7, 11) is -2.62. The van der Waals surface area contributed by atoms with Crippen LogP contribution in [0.4, 0.5) is 11.4 Å². The number of aryl methyl sites for hydroxylation is 1. The SMILES string of the molecule is COc1ccc(C)cc1NC(=O)CN(c1cc(Cl)ccc1Cl)S(=O)(=O)c1ccccc1. The average molecular weight is 479 g/mol. The largest absolute Gasteiger partial charge is 0.495 e. The summed E-state index contributed by atoms with van der Waals surface area (Å²) in [6.07, 6.45) is 0. The number of carbonyl (C=O) groups excluding carboxylic acids is 1. The molecule has 9 heteroatoms. The first-order chi connectivity index (χ1) is 14.7. The maximum absolute atomic E-state index is 13.4. The zero-order chi connectivity index (χ0) is 22.6. The maximum Gasteiger partial charge on any atom is 0.264 e. The molecule has 0 saturated heterocycles. The summed E-state index contributed by atoms with van der Waals surface area (Å²) < 4.78 is 33.0. The molecule has 0 fully saturated rings. The van der Waals surface area contributed by atoms with Crippen molar-refractivity contribution in [3.63, 3.8) is 0 Å². The Morgan fingerprint density at radius 3 is 2.42 bits per heavy atom. The second-order valence-corrected chi connectivity index (χ2v) is 9.38. The number of nitrogens with zero attached hydrogens (tertiary/aromatic N) is 1.